The van der Waals surface area contributed by atoms with Crippen molar-refractivity contribution in [3.8, 4) is 5.75 Å². The Morgan fingerprint density at radius 3 is 2.45 bits per heavy atom. The molecule has 2 aliphatic heterocycles. The highest BCUT2D eigenvalue weighted by molar-refractivity contribution is 8.03. The van der Waals surface area contributed by atoms with Crippen molar-refractivity contribution in [3.63, 3.8) is 0 Å². The fourth-order valence-electron chi connectivity index (χ4n) is 3.40. The second kappa shape index (κ2) is 7.93. The number of methoxy groups -OCH3 is 1. The number of aliphatic hydroxyl groups excluding tert-OH is 1. The molecule has 4 rings (SSSR count). The van der Waals surface area contributed by atoms with E-state index in [1.165, 1.54) is 11.8 Å². The van der Waals surface area contributed by atoms with Gasteiger partial charge >= 0.3 is 7.60 Å². The summed E-state index contributed by atoms with van der Waals surface area (Å²) in [4.78, 5) is 1.76. The van der Waals surface area contributed by atoms with Crippen LogP contribution in [0.5, 0.6) is 5.75 Å². The summed E-state index contributed by atoms with van der Waals surface area (Å²) in [6.07, 6.45) is -0.299. The van der Waals surface area contributed by atoms with E-state index in [0.717, 1.165) is 20.9 Å². The van der Waals surface area contributed by atoms with Crippen molar-refractivity contribution >= 4 is 24.7 Å². The van der Waals surface area contributed by atoms with E-state index in [9.17, 15) is 9.67 Å². The van der Waals surface area contributed by atoms with Gasteiger partial charge in [-0.2, -0.15) is 0 Å². The lowest BCUT2D eigenvalue weighted by Crippen LogP contribution is -2.29. The SMILES string of the molecule is COc1ccc(/C(=C2/C[C@H](O)c3ccccc3S2)P2(=O)OCC(C)(C)CO2)cc1. The molecule has 0 amide bonds. The summed E-state index contributed by atoms with van der Waals surface area (Å²) in [5.74, 6) is 0.713. The van der Waals surface area contributed by atoms with Crippen LogP contribution in [0.25, 0.3) is 5.31 Å². The van der Waals surface area contributed by atoms with Gasteiger partial charge in [0.15, 0.2) is 0 Å². The molecule has 0 spiro atoms. The number of ether oxygens (including phenoxy) is 1. The number of aliphatic hydroxyl groups is 1. The minimum Gasteiger partial charge on any atom is -0.497 e. The van der Waals surface area contributed by atoms with Crippen molar-refractivity contribution in [2.24, 2.45) is 5.41 Å². The van der Waals surface area contributed by atoms with E-state index in [1.807, 2.05) is 62.4 Å². The largest absolute Gasteiger partial charge is 0.497 e. The van der Waals surface area contributed by atoms with Gasteiger partial charge in [0, 0.05) is 21.6 Å². The predicted molar refractivity (Wildman–Crippen MR) is 115 cm³/mol. The lowest BCUT2D eigenvalue weighted by atomic mass is 9.97. The first-order valence-corrected chi connectivity index (χ1v) is 11.9. The Hall–Kier alpha value is -1.56. The molecule has 2 aromatic rings. The van der Waals surface area contributed by atoms with Crippen molar-refractivity contribution in [2.75, 3.05) is 20.3 Å². The zero-order chi connectivity index (χ0) is 20.6. The van der Waals surface area contributed by atoms with Crippen molar-refractivity contribution in [1.29, 1.82) is 0 Å². The summed E-state index contributed by atoms with van der Waals surface area (Å²) in [6.45, 7) is 4.74. The Bertz CT molecular complexity index is 969. The number of hydrogen-bond acceptors (Lipinski definition) is 6. The molecule has 7 heteroatoms. The second-order valence-electron chi connectivity index (χ2n) is 8.07. The average molecular weight is 432 g/mol. The molecule has 1 fully saturated rings. The smallest absolute Gasteiger partial charge is 0.362 e. The highest BCUT2D eigenvalue weighted by Crippen LogP contribution is 2.67. The first-order chi connectivity index (χ1) is 13.8. The quantitative estimate of drug-likeness (QED) is 0.613. The molecule has 2 aliphatic rings. The molecule has 0 aliphatic carbocycles. The summed E-state index contributed by atoms with van der Waals surface area (Å²) in [7, 11) is -1.94. The molecule has 1 N–H and O–H groups in total. The third kappa shape index (κ3) is 4.18. The third-order valence-corrected chi connectivity index (χ3v) is 8.42. The van der Waals surface area contributed by atoms with Gasteiger partial charge in [0.1, 0.15) is 5.75 Å². The molecule has 0 aromatic heterocycles. The molecule has 0 saturated carbocycles. The minimum absolute atomic E-state index is 0.199. The summed E-state index contributed by atoms with van der Waals surface area (Å²) in [5.41, 5.74) is 1.44. The molecule has 1 saturated heterocycles. The van der Waals surface area contributed by atoms with Gasteiger partial charge in [0.2, 0.25) is 0 Å². The molecule has 154 valence electrons. The lowest BCUT2D eigenvalue weighted by Gasteiger charge is -2.36. The molecule has 29 heavy (non-hydrogen) atoms. The van der Waals surface area contributed by atoms with Gasteiger partial charge < -0.3 is 18.9 Å². The Kier molecular flexibility index (Phi) is 5.66. The number of thioether (sulfide) groups is 1. The first kappa shape index (κ1) is 20.7. The Balaban J connectivity index is 1.83. The number of fused-ring (bicyclic) bond motifs is 1. The van der Waals surface area contributed by atoms with Gasteiger partial charge in [-0.3, -0.25) is 4.57 Å². The maximum absolute atomic E-state index is 13.9. The predicted octanol–water partition coefficient (Wildman–Crippen LogP) is 5.86. The lowest BCUT2D eigenvalue weighted by molar-refractivity contribution is 0.0467. The molecule has 0 bridgehead atoms. The van der Waals surface area contributed by atoms with E-state index in [4.69, 9.17) is 13.8 Å². The van der Waals surface area contributed by atoms with Crippen molar-refractivity contribution in [1.82, 2.24) is 0 Å². The Morgan fingerprint density at radius 2 is 1.79 bits per heavy atom. The van der Waals surface area contributed by atoms with E-state index < -0.39 is 13.7 Å². The number of hydrogen-bond donors (Lipinski definition) is 1. The van der Waals surface area contributed by atoms with E-state index in [-0.39, 0.29) is 5.41 Å². The van der Waals surface area contributed by atoms with Crippen LogP contribution in [0.1, 0.15) is 37.5 Å². The molecule has 2 aromatic carbocycles. The van der Waals surface area contributed by atoms with E-state index in [1.54, 1.807) is 7.11 Å². The van der Waals surface area contributed by atoms with Crippen LogP contribution in [0.2, 0.25) is 0 Å². The highest BCUT2D eigenvalue weighted by atomic mass is 32.2. The molecule has 0 radical (unpaired) electrons. The standard InChI is InChI=1S/C22H25O5PS/c1-22(2)13-26-28(24,27-14-22)21(15-8-10-16(25-3)11-9-15)20-12-18(23)17-6-4-5-7-19(17)29-20/h4-11,18,23H,12-14H2,1-3H3/b21-20+/t18-/m0/s1. The second-order valence-corrected chi connectivity index (χ2v) is 11.2. The van der Waals surface area contributed by atoms with E-state index in [2.05, 4.69) is 0 Å². The average Bonchev–Trinajstić information content (AvgIpc) is 2.71. The van der Waals surface area contributed by atoms with Crippen LogP contribution in [0, 0.1) is 5.41 Å². The van der Waals surface area contributed by atoms with Gasteiger partial charge in [-0.05, 0) is 29.3 Å². The van der Waals surface area contributed by atoms with E-state index >= 15 is 0 Å². The van der Waals surface area contributed by atoms with Gasteiger partial charge in [0.25, 0.3) is 0 Å². The molecule has 0 unspecified atom stereocenters. The Labute approximate surface area is 175 Å². The van der Waals surface area contributed by atoms with Crippen LogP contribution in [-0.4, -0.2) is 25.4 Å². The Morgan fingerprint density at radius 1 is 1.14 bits per heavy atom. The van der Waals surface area contributed by atoms with Gasteiger partial charge in [-0.1, -0.05) is 55.9 Å². The number of rotatable bonds is 3. The molecule has 1 atom stereocenters. The van der Waals surface area contributed by atoms with Crippen molar-refractivity contribution in [3.05, 3.63) is 64.6 Å². The molecular formula is C22H25O5PS. The number of benzene rings is 2. The fourth-order valence-corrected chi connectivity index (χ4v) is 7.30. The summed E-state index contributed by atoms with van der Waals surface area (Å²) < 4.78 is 30.9. The van der Waals surface area contributed by atoms with Gasteiger partial charge in [-0.15, -0.1) is 0 Å². The van der Waals surface area contributed by atoms with Crippen molar-refractivity contribution in [2.45, 2.75) is 31.3 Å². The van der Waals surface area contributed by atoms with Crippen LogP contribution in [-0.2, 0) is 13.6 Å². The maximum Gasteiger partial charge on any atom is 0.362 e. The highest BCUT2D eigenvalue weighted by Gasteiger charge is 2.42. The minimum atomic E-state index is -3.55. The van der Waals surface area contributed by atoms with Crippen LogP contribution < -0.4 is 4.74 Å². The normalized spacial score (nSPS) is 24.5. The van der Waals surface area contributed by atoms with Crippen molar-refractivity contribution < 1.29 is 23.5 Å². The molecular weight excluding hydrogens is 407 g/mol. The summed E-state index contributed by atoms with van der Waals surface area (Å²) in [6, 6.07) is 15.1. The topological polar surface area (TPSA) is 65.0 Å². The maximum atomic E-state index is 13.9. The van der Waals surface area contributed by atoms with Crippen LogP contribution in [0.15, 0.2) is 58.3 Å². The first-order valence-electron chi connectivity index (χ1n) is 9.53. The summed E-state index contributed by atoms with van der Waals surface area (Å²) >= 11 is 1.52. The monoisotopic (exact) mass is 432 g/mol. The van der Waals surface area contributed by atoms with Crippen LogP contribution >= 0.6 is 19.4 Å². The summed E-state index contributed by atoms with van der Waals surface area (Å²) in [5, 5.41) is 11.3. The van der Waals surface area contributed by atoms with E-state index in [0.29, 0.717) is 30.7 Å². The van der Waals surface area contributed by atoms with Crippen LogP contribution in [0.4, 0.5) is 0 Å². The van der Waals surface area contributed by atoms with Gasteiger partial charge in [0.05, 0.1) is 31.7 Å². The van der Waals surface area contributed by atoms with Crippen LogP contribution in [0.3, 0.4) is 0 Å². The zero-order valence-corrected chi connectivity index (χ0v) is 18.5. The molecule has 2 heterocycles. The fraction of sp³-hybridized carbons (Fsp3) is 0.364. The molecule has 5 nitrogen and oxygen atoms in total. The zero-order valence-electron chi connectivity index (χ0n) is 16.8. The van der Waals surface area contributed by atoms with Gasteiger partial charge in [-0.25, -0.2) is 0 Å². The third-order valence-electron chi connectivity index (χ3n) is 5.04.